The van der Waals surface area contributed by atoms with Crippen molar-refractivity contribution in [3.05, 3.63) is 53.0 Å². The van der Waals surface area contributed by atoms with Gasteiger partial charge in [0.25, 0.3) is 0 Å². The number of benzene rings is 1. The van der Waals surface area contributed by atoms with Crippen LogP contribution in [0.1, 0.15) is 34.4 Å². The average molecular weight is 374 g/mol. The fourth-order valence-corrected chi connectivity index (χ4v) is 2.90. The van der Waals surface area contributed by atoms with Gasteiger partial charge in [0.15, 0.2) is 5.76 Å². The largest absolute Gasteiger partial charge is 0.456 e. The second-order valence-electron chi connectivity index (χ2n) is 5.89. The molecule has 2 amide bonds. The molecule has 0 bridgehead atoms. The second kappa shape index (κ2) is 9.24. The molecule has 0 fully saturated rings. The number of aryl methyl sites for hydroxylation is 1. The van der Waals surface area contributed by atoms with Gasteiger partial charge in [-0.15, -0.1) is 11.8 Å². The number of anilines is 1. The van der Waals surface area contributed by atoms with E-state index < -0.39 is 0 Å². The molecule has 0 radical (unpaired) electrons. The van der Waals surface area contributed by atoms with Crippen molar-refractivity contribution in [3.8, 4) is 0 Å². The maximum atomic E-state index is 12.1. The van der Waals surface area contributed by atoms with Crippen LogP contribution >= 0.6 is 11.8 Å². The fraction of sp³-hybridized carbons (Fsp3) is 0.316. The number of furan rings is 1. The van der Waals surface area contributed by atoms with Crippen molar-refractivity contribution < 1.29 is 18.8 Å². The first kappa shape index (κ1) is 19.8. The van der Waals surface area contributed by atoms with Gasteiger partial charge in [-0.25, -0.2) is 0 Å². The topological polar surface area (TPSA) is 88.4 Å². The average Bonchev–Trinajstić information content (AvgIpc) is 3.06. The summed E-state index contributed by atoms with van der Waals surface area (Å²) >= 11 is 1.23. The van der Waals surface area contributed by atoms with Gasteiger partial charge >= 0.3 is 0 Å². The molecule has 1 heterocycles. The lowest BCUT2D eigenvalue weighted by Crippen LogP contribution is -2.18. The van der Waals surface area contributed by atoms with Crippen LogP contribution in [0.2, 0.25) is 0 Å². The van der Waals surface area contributed by atoms with Crippen LogP contribution in [0, 0.1) is 13.8 Å². The molecule has 2 aromatic rings. The molecule has 2 N–H and O–H groups in total. The number of ketones is 1. The first-order valence-corrected chi connectivity index (χ1v) is 9.32. The van der Waals surface area contributed by atoms with E-state index in [1.54, 1.807) is 12.1 Å². The van der Waals surface area contributed by atoms with Crippen molar-refractivity contribution in [1.29, 1.82) is 0 Å². The van der Waals surface area contributed by atoms with Crippen molar-refractivity contribution in [2.75, 3.05) is 16.8 Å². The van der Waals surface area contributed by atoms with Crippen LogP contribution in [0.5, 0.6) is 0 Å². The highest BCUT2D eigenvalue weighted by molar-refractivity contribution is 8.00. The van der Waals surface area contributed by atoms with Gasteiger partial charge in [0, 0.05) is 12.6 Å². The summed E-state index contributed by atoms with van der Waals surface area (Å²) < 4.78 is 5.40. The molecule has 7 heteroatoms. The summed E-state index contributed by atoms with van der Waals surface area (Å²) in [5, 5.41) is 5.46. The highest BCUT2D eigenvalue weighted by Crippen LogP contribution is 2.18. The number of carbonyl (C=O) groups is 3. The molecular formula is C19H22N2O4S. The van der Waals surface area contributed by atoms with Crippen LogP contribution < -0.4 is 10.6 Å². The standard InChI is InChI=1S/C19H22N2O4S/c1-12-5-4-6-16(13(12)2)21-19(24)11-26-10-17(23)18-8-7-15(25-18)9-20-14(3)22/h4-8H,9-11H2,1-3H3,(H,20,22)(H,21,24). The molecule has 0 saturated heterocycles. The van der Waals surface area contributed by atoms with E-state index in [1.165, 1.54) is 18.7 Å². The lowest BCUT2D eigenvalue weighted by Gasteiger charge is -2.10. The number of amides is 2. The van der Waals surface area contributed by atoms with Crippen molar-refractivity contribution in [2.24, 2.45) is 0 Å². The maximum Gasteiger partial charge on any atom is 0.234 e. The number of hydrogen-bond acceptors (Lipinski definition) is 5. The molecule has 0 atom stereocenters. The zero-order chi connectivity index (χ0) is 19.1. The Morgan fingerprint density at radius 3 is 2.58 bits per heavy atom. The zero-order valence-corrected chi connectivity index (χ0v) is 15.9. The molecule has 1 aromatic carbocycles. The first-order valence-electron chi connectivity index (χ1n) is 8.17. The molecule has 0 aliphatic carbocycles. The Morgan fingerprint density at radius 2 is 1.85 bits per heavy atom. The van der Waals surface area contributed by atoms with Crippen LogP contribution in [0.4, 0.5) is 5.69 Å². The molecule has 2 rings (SSSR count). The second-order valence-corrected chi connectivity index (χ2v) is 6.87. The Balaban J connectivity index is 1.78. The lowest BCUT2D eigenvalue weighted by molar-refractivity contribution is -0.119. The van der Waals surface area contributed by atoms with Gasteiger partial charge in [0.05, 0.1) is 18.1 Å². The summed E-state index contributed by atoms with van der Waals surface area (Å²) in [6, 6.07) is 8.97. The smallest absolute Gasteiger partial charge is 0.234 e. The van der Waals surface area contributed by atoms with Gasteiger partial charge in [-0.2, -0.15) is 0 Å². The van der Waals surface area contributed by atoms with E-state index in [0.29, 0.717) is 5.76 Å². The molecule has 0 spiro atoms. The molecule has 1 aromatic heterocycles. The SMILES string of the molecule is CC(=O)NCc1ccc(C(=O)CSCC(=O)Nc2cccc(C)c2C)o1. The number of carbonyl (C=O) groups excluding carboxylic acids is 3. The minimum Gasteiger partial charge on any atom is -0.456 e. The van der Waals surface area contributed by atoms with Gasteiger partial charge < -0.3 is 15.1 Å². The van der Waals surface area contributed by atoms with E-state index in [1.807, 2.05) is 32.0 Å². The van der Waals surface area contributed by atoms with E-state index in [-0.39, 0.29) is 41.4 Å². The van der Waals surface area contributed by atoms with Crippen molar-refractivity contribution in [2.45, 2.75) is 27.3 Å². The minimum absolute atomic E-state index is 0.146. The van der Waals surface area contributed by atoms with Crippen LogP contribution in [0.3, 0.4) is 0 Å². The predicted octanol–water partition coefficient (Wildman–Crippen LogP) is 3.09. The molecule has 0 saturated carbocycles. The Kier molecular flexibility index (Phi) is 7.03. The van der Waals surface area contributed by atoms with Crippen LogP contribution in [0.25, 0.3) is 0 Å². The van der Waals surface area contributed by atoms with Gasteiger partial charge in [0.2, 0.25) is 17.6 Å². The molecule has 0 unspecified atom stereocenters. The van der Waals surface area contributed by atoms with Crippen LogP contribution in [-0.4, -0.2) is 29.1 Å². The van der Waals surface area contributed by atoms with Crippen LogP contribution in [-0.2, 0) is 16.1 Å². The predicted molar refractivity (Wildman–Crippen MR) is 102 cm³/mol. The number of Topliss-reactive ketones (excluding diaryl/α,β-unsaturated/α-hetero) is 1. The third-order valence-electron chi connectivity index (χ3n) is 3.79. The Morgan fingerprint density at radius 1 is 1.08 bits per heavy atom. The lowest BCUT2D eigenvalue weighted by atomic mass is 10.1. The van der Waals surface area contributed by atoms with E-state index in [2.05, 4.69) is 10.6 Å². The molecule has 26 heavy (non-hydrogen) atoms. The van der Waals surface area contributed by atoms with Crippen LogP contribution in [0.15, 0.2) is 34.7 Å². The summed E-state index contributed by atoms with van der Waals surface area (Å²) in [5.74, 6) is 0.561. The minimum atomic E-state index is -0.191. The van der Waals surface area contributed by atoms with E-state index in [4.69, 9.17) is 4.42 Å². The summed E-state index contributed by atoms with van der Waals surface area (Å²) in [4.78, 5) is 35.0. The monoisotopic (exact) mass is 374 g/mol. The highest BCUT2D eigenvalue weighted by Gasteiger charge is 2.13. The number of rotatable bonds is 8. The Bertz CT molecular complexity index is 814. The number of hydrogen-bond donors (Lipinski definition) is 2. The highest BCUT2D eigenvalue weighted by atomic mass is 32.2. The van der Waals surface area contributed by atoms with Crippen molar-refractivity contribution in [1.82, 2.24) is 5.32 Å². The maximum absolute atomic E-state index is 12.1. The Hall–Kier alpha value is -2.54. The fourth-order valence-electron chi connectivity index (χ4n) is 2.21. The first-order chi connectivity index (χ1) is 12.4. The van der Waals surface area contributed by atoms with Gasteiger partial charge in [0.1, 0.15) is 5.76 Å². The Labute approximate surface area is 156 Å². The normalized spacial score (nSPS) is 10.4. The van der Waals surface area contributed by atoms with Gasteiger partial charge in [-0.1, -0.05) is 12.1 Å². The quantitative estimate of drug-likeness (QED) is 0.693. The summed E-state index contributed by atoms with van der Waals surface area (Å²) in [5.41, 5.74) is 2.93. The molecular weight excluding hydrogens is 352 g/mol. The zero-order valence-electron chi connectivity index (χ0n) is 15.0. The third kappa shape index (κ3) is 5.77. The molecule has 0 aliphatic rings. The third-order valence-corrected chi connectivity index (χ3v) is 4.73. The number of nitrogens with one attached hydrogen (secondary N) is 2. The summed E-state index contributed by atoms with van der Waals surface area (Å²) in [7, 11) is 0. The molecule has 0 aliphatic heterocycles. The molecule has 138 valence electrons. The van der Waals surface area contributed by atoms with Crippen molar-refractivity contribution >= 4 is 35.0 Å². The van der Waals surface area contributed by atoms with E-state index >= 15 is 0 Å². The van der Waals surface area contributed by atoms with Gasteiger partial charge in [-0.05, 0) is 43.2 Å². The van der Waals surface area contributed by atoms with Crippen molar-refractivity contribution in [3.63, 3.8) is 0 Å². The number of thioether (sulfide) groups is 1. The van der Waals surface area contributed by atoms with E-state index in [0.717, 1.165) is 16.8 Å². The van der Waals surface area contributed by atoms with Gasteiger partial charge in [-0.3, -0.25) is 14.4 Å². The molecule has 6 nitrogen and oxygen atoms in total. The van der Waals surface area contributed by atoms with E-state index in [9.17, 15) is 14.4 Å². The summed E-state index contributed by atoms with van der Waals surface area (Å²) in [6.45, 7) is 5.60. The summed E-state index contributed by atoms with van der Waals surface area (Å²) in [6.07, 6.45) is 0.